The molecule has 130 valence electrons. The van der Waals surface area contributed by atoms with Crippen molar-refractivity contribution in [1.82, 2.24) is 0 Å². The Balaban J connectivity index is 3.95. The minimum Gasteiger partial charge on any atom is -0.187 e. The zero-order valence-electron chi connectivity index (χ0n) is 15.1. The lowest BCUT2D eigenvalue weighted by Gasteiger charge is -2.34. The van der Waals surface area contributed by atoms with E-state index in [2.05, 4.69) is 42.0 Å². The van der Waals surface area contributed by atoms with E-state index in [9.17, 15) is 0 Å². The van der Waals surface area contributed by atoms with Crippen LogP contribution in [0.25, 0.3) is 0 Å². The first kappa shape index (κ1) is 22.1. The minimum atomic E-state index is -0.316. The first-order valence-corrected chi connectivity index (χ1v) is 14.3. The van der Waals surface area contributed by atoms with Gasteiger partial charge < -0.3 is 0 Å². The molecule has 0 amide bonds. The molecule has 0 atom stereocenters. The van der Waals surface area contributed by atoms with Crippen LogP contribution in [0.15, 0.2) is 0 Å². The van der Waals surface area contributed by atoms with Gasteiger partial charge in [0.2, 0.25) is 0 Å². The molecule has 0 nitrogen and oxygen atoms in total. The van der Waals surface area contributed by atoms with Gasteiger partial charge in [-0.3, -0.25) is 0 Å². The molecule has 2 heteroatoms. The van der Waals surface area contributed by atoms with E-state index in [1.54, 1.807) is 17.3 Å². The van der Waals surface area contributed by atoms with Gasteiger partial charge in [-0.25, -0.2) is 0 Å². The first-order chi connectivity index (χ1) is 10.2. The summed E-state index contributed by atoms with van der Waals surface area (Å²) in [5.74, 6) is 4.65. The molecule has 0 aliphatic heterocycles. The van der Waals surface area contributed by atoms with Crippen LogP contribution in [-0.2, 0) is 0 Å². The fourth-order valence-corrected chi connectivity index (χ4v) is 8.43. The summed E-state index contributed by atoms with van der Waals surface area (Å²) in [6.07, 6.45) is 18.8. The predicted molar refractivity (Wildman–Crippen MR) is 113 cm³/mol. The second-order valence-electron chi connectivity index (χ2n) is 6.59. The highest BCUT2D eigenvalue weighted by molar-refractivity contribution is 14.2. The molecule has 0 spiro atoms. The molecule has 0 saturated carbocycles. The Morgan fingerprint density at radius 3 is 1.14 bits per heavy atom. The van der Waals surface area contributed by atoms with Crippen LogP contribution in [-0.4, -0.2) is 17.3 Å². The van der Waals surface area contributed by atoms with Crippen LogP contribution in [0.5, 0.6) is 0 Å². The molecule has 0 fully saturated rings. The van der Waals surface area contributed by atoms with Gasteiger partial charge in [-0.1, -0.05) is 85.0 Å². The van der Waals surface area contributed by atoms with Crippen molar-refractivity contribution >= 4 is 28.4 Å². The topological polar surface area (TPSA) is 0 Å². The zero-order chi connectivity index (χ0) is 15.8. The van der Waals surface area contributed by atoms with Crippen molar-refractivity contribution in [3.05, 3.63) is 0 Å². The van der Waals surface area contributed by atoms with Crippen LogP contribution in [0.2, 0.25) is 0 Å². The molecular weight excluding hydrogens is 387 g/mol. The maximum absolute atomic E-state index is 2.92. The Hall–Kier alpha value is 1.08. The standard InChI is InChI=1S/C19H41IS/c1-4-7-10-12-15-18-21(20,17-14-9-6-3)19-16-13-11-8-5-2/h4-19H2,1-3H3. The van der Waals surface area contributed by atoms with Crippen LogP contribution in [0, 0.1) is 0 Å². The van der Waals surface area contributed by atoms with Gasteiger partial charge in [-0.2, -0.15) is 7.20 Å². The summed E-state index contributed by atoms with van der Waals surface area (Å²) >= 11 is 2.92. The van der Waals surface area contributed by atoms with Crippen LogP contribution in [0.1, 0.15) is 104 Å². The second-order valence-corrected chi connectivity index (χ2v) is 15.3. The van der Waals surface area contributed by atoms with E-state index in [-0.39, 0.29) is 7.20 Å². The van der Waals surface area contributed by atoms with Crippen LogP contribution in [0.4, 0.5) is 0 Å². The molecule has 0 N–H and O–H groups in total. The molecule has 0 bridgehead atoms. The minimum absolute atomic E-state index is 0.316. The molecule has 0 aliphatic carbocycles. The zero-order valence-corrected chi connectivity index (χ0v) is 18.1. The summed E-state index contributed by atoms with van der Waals surface area (Å²) in [6.45, 7) is 6.96. The van der Waals surface area contributed by atoms with Gasteiger partial charge in [0, 0.05) is 0 Å². The third-order valence-corrected chi connectivity index (χ3v) is 11.4. The number of halogens is 1. The average molecular weight is 429 g/mol. The van der Waals surface area contributed by atoms with Crippen molar-refractivity contribution in [3.63, 3.8) is 0 Å². The second kappa shape index (κ2) is 16.0. The van der Waals surface area contributed by atoms with Gasteiger partial charge >= 0.3 is 0 Å². The highest BCUT2D eigenvalue weighted by Crippen LogP contribution is 2.58. The SMILES string of the molecule is CCCCCCCS(I)(CCCCC)CCCCCCC. The highest BCUT2D eigenvalue weighted by Gasteiger charge is 2.19. The molecule has 0 aromatic heterocycles. The van der Waals surface area contributed by atoms with Crippen molar-refractivity contribution < 1.29 is 0 Å². The van der Waals surface area contributed by atoms with Gasteiger partial charge in [-0.15, -0.1) is 0 Å². The molecular formula is C19H41IS. The Morgan fingerprint density at radius 1 is 0.476 bits per heavy atom. The fraction of sp³-hybridized carbons (Fsp3) is 1.00. The molecule has 0 aromatic rings. The van der Waals surface area contributed by atoms with Crippen molar-refractivity contribution in [1.29, 1.82) is 0 Å². The largest absolute Gasteiger partial charge is 0.187 e. The molecule has 0 aromatic carbocycles. The van der Waals surface area contributed by atoms with E-state index >= 15 is 0 Å². The van der Waals surface area contributed by atoms with Crippen LogP contribution in [0.3, 0.4) is 0 Å². The van der Waals surface area contributed by atoms with E-state index in [0.29, 0.717) is 0 Å². The summed E-state index contributed by atoms with van der Waals surface area (Å²) in [5.41, 5.74) is 0. The summed E-state index contributed by atoms with van der Waals surface area (Å²) in [7, 11) is -0.316. The Labute approximate surface area is 149 Å². The van der Waals surface area contributed by atoms with Crippen LogP contribution >= 0.6 is 28.4 Å². The summed E-state index contributed by atoms with van der Waals surface area (Å²) in [6, 6.07) is 0. The summed E-state index contributed by atoms with van der Waals surface area (Å²) in [4.78, 5) is 0. The molecule has 0 aliphatic rings. The van der Waals surface area contributed by atoms with Gasteiger partial charge in [0.25, 0.3) is 0 Å². The fourth-order valence-electron chi connectivity index (χ4n) is 2.85. The molecule has 21 heavy (non-hydrogen) atoms. The van der Waals surface area contributed by atoms with Gasteiger partial charge in [0.1, 0.15) is 0 Å². The van der Waals surface area contributed by atoms with Crippen molar-refractivity contribution in [2.75, 3.05) is 17.3 Å². The van der Waals surface area contributed by atoms with Crippen molar-refractivity contribution in [3.8, 4) is 0 Å². The number of hydrogen-bond donors (Lipinski definition) is 0. The van der Waals surface area contributed by atoms with Crippen molar-refractivity contribution in [2.45, 2.75) is 104 Å². The van der Waals surface area contributed by atoms with Crippen molar-refractivity contribution in [2.24, 2.45) is 0 Å². The van der Waals surface area contributed by atoms with Gasteiger partial charge in [0.15, 0.2) is 0 Å². The number of hydrogen-bond acceptors (Lipinski definition) is 0. The Kier molecular flexibility index (Phi) is 16.8. The monoisotopic (exact) mass is 428 g/mol. The third kappa shape index (κ3) is 14.4. The quantitative estimate of drug-likeness (QED) is 0.171. The van der Waals surface area contributed by atoms with E-state index in [0.717, 1.165) is 0 Å². The Bertz CT molecular complexity index is 192. The van der Waals surface area contributed by atoms with Gasteiger partial charge in [-0.05, 0) is 57.7 Å². The third-order valence-electron chi connectivity index (χ3n) is 4.34. The molecule has 0 rings (SSSR count). The van der Waals surface area contributed by atoms with E-state index in [1.165, 1.54) is 83.5 Å². The van der Waals surface area contributed by atoms with E-state index < -0.39 is 0 Å². The molecule has 0 heterocycles. The van der Waals surface area contributed by atoms with Crippen LogP contribution < -0.4 is 0 Å². The number of unbranched alkanes of at least 4 members (excludes halogenated alkanes) is 10. The lowest BCUT2D eigenvalue weighted by Crippen LogP contribution is -2.08. The highest BCUT2D eigenvalue weighted by atomic mass is 127. The molecule has 0 saturated heterocycles. The Morgan fingerprint density at radius 2 is 0.762 bits per heavy atom. The molecule has 0 unspecified atom stereocenters. The van der Waals surface area contributed by atoms with E-state index in [1.807, 2.05) is 0 Å². The summed E-state index contributed by atoms with van der Waals surface area (Å²) < 4.78 is 0. The van der Waals surface area contributed by atoms with Gasteiger partial charge in [0.05, 0.1) is 0 Å². The summed E-state index contributed by atoms with van der Waals surface area (Å²) in [5, 5.41) is 0. The van der Waals surface area contributed by atoms with E-state index in [4.69, 9.17) is 0 Å². The maximum atomic E-state index is 2.92. The number of rotatable bonds is 16. The smallest absolute Gasteiger partial charge is 0.0144 e. The first-order valence-electron chi connectivity index (χ1n) is 9.64. The lowest BCUT2D eigenvalue weighted by atomic mass is 10.2. The lowest BCUT2D eigenvalue weighted by molar-refractivity contribution is 0.653. The molecule has 0 radical (unpaired) electrons. The predicted octanol–water partition coefficient (Wildman–Crippen LogP) is 8.27. The normalized spacial score (nSPS) is 12.8. The maximum Gasteiger partial charge on any atom is -0.0144 e. The average Bonchev–Trinajstić information content (AvgIpc) is 2.47.